The van der Waals surface area contributed by atoms with Gasteiger partial charge in [0.25, 0.3) is 0 Å². The van der Waals surface area contributed by atoms with Crippen molar-refractivity contribution < 1.29 is 0 Å². The molecule has 0 aliphatic heterocycles. The fourth-order valence-corrected chi connectivity index (χ4v) is 2.60. The van der Waals surface area contributed by atoms with Gasteiger partial charge in [-0.15, -0.1) is 11.3 Å². The van der Waals surface area contributed by atoms with E-state index in [0.717, 1.165) is 20.7 Å². The highest BCUT2D eigenvalue weighted by molar-refractivity contribution is 9.10. The summed E-state index contributed by atoms with van der Waals surface area (Å²) in [5.74, 6) is 0. The Kier molecular flexibility index (Phi) is 2.90. The molecule has 14 heavy (non-hydrogen) atoms. The summed E-state index contributed by atoms with van der Waals surface area (Å²) in [6.07, 6.45) is 3.34. The number of hydrogen-bond acceptors (Lipinski definition) is 4. The molecule has 2 N–H and O–H groups in total. The summed E-state index contributed by atoms with van der Waals surface area (Å²) >= 11 is 5.03. The van der Waals surface area contributed by atoms with Crippen LogP contribution >= 0.6 is 27.3 Å². The fourth-order valence-electron chi connectivity index (χ4n) is 1.16. The summed E-state index contributed by atoms with van der Waals surface area (Å²) in [7, 11) is 0. The van der Waals surface area contributed by atoms with E-state index in [1.54, 1.807) is 23.7 Å². The molecule has 0 spiro atoms. The molecule has 0 fully saturated rings. The van der Waals surface area contributed by atoms with Crippen molar-refractivity contribution in [2.45, 2.75) is 6.54 Å². The van der Waals surface area contributed by atoms with E-state index in [1.807, 2.05) is 11.4 Å². The van der Waals surface area contributed by atoms with E-state index in [9.17, 15) is 0 Å². The fraction of sp³-hybridized carbons (Fsp3) is 0.111. The van der Waals surface area contributed by atoms with Crippen LogP contribution in [-0.4, -0.2) is 9.97 Å². The Morgan fingerprint density at radius 3 is 2.79 bits per heavy atom. The third-order valence-corrected chi connectivity index (χ3v) is 3.47. The number of hydrogen-bond donors (Lipinski definition) is 1. The minimum absolute atomic E-state index is 0.415. The highest BCUT2D eigenvalue weighted by Gasteiger charge is 2.07. The molecular formula is C9H8BrN3S. The van der Waals surface area contributed by atoms with Gasteiger partial charge in [-0.1, -0.05) is 0 Å². The van der Waals surface area contributed by atoms with Crippen LogP contribution in [0.4, 0.5) is 0 Å². The average Bonchev–Trinajstić information content (AvgIpc) is 2.65. The van der Waals surface area contributed by atoms with Gasteiger partial charge in [-0.25, -0.2) is 0 Å². The lowest BCUT2D eigenvalue weighted by molar-refractivity contribution is 0.971. The van der Waals surface area contributed by atoms with E-state index in [4.69, 9.17) is 5.73 Å². The van der Waals surface area contributed by atoms with Gasteiger partial charge in [0.1, 0.15) is 5.69 Å². The minimum atomic E-state index is 0.415. The summed E-state index contributed by atoms with van der Waals surface area (Å²) in [6, 6.07) is 2.02. The monoisotopic (exact) mass is 269 g/mol. The largest absolute Gasteiger partial charge is 0.325 e. The van der Waals surface area contributed by atoms with Crippen LogP contribution in [0.5, 0.6) is 0 Å². The molecule has 0 atom stereocenters. The number of nitrogens with two attached hydrogens (primary N) is 1. The quantitative estimate of drug-likeness (QED) is 0.911. The topological polar surface area (TPSA) is 51.8 Å². The molecule has 0 aromatic carbocycles. The molecule has 0 bridgehead atoms. The summed E-state index contributed by atoms with van der Waals surface area (Å²) in [5.41, 5.74) is 7.30. The maximum absolute atomic E-state index is 5.59. The molecule has 0 saturated carbocycles. The second kappa shape index (κ2) is 4.16. The molecule has 0 aliphatic carbocycles. The predicted octanol–water partition coefficient (Wildman–Crippen LogP) is 2.43. The van der Waals surface area contributed by atoms with Crippen molar-refractivity contribution >= 4 is 27.3 Å². The number of aromatic nitrogens is 2. The Bertz CT molecular complexity index is 441. The Morgan fingerprint density at radius 1 is 1.36 bits per heavy atom. The number of rotatable bonds is 2. The maximum Gasteiger partial charge on any atom is 0.103 e. The standard InChI is InChI=1S/C9H8BrN3S/c10-6-3-8(14-5-6)9-7(4-11)12-1-2-13-9/h1-3,5H,4,11H2. The SMILES string of the molecule is NCc1nccnc1-c1cc(Br)cs1. The maximum atomic E-state index is 5.59. The first-order valence-electron chi connectivity index (χ1n) is 4.05. The van der Waals surface area contributed by atoms with Crippen LogP contribution in [0.3, 0.4) is 0 Å². The molecule has 3 nitrogen and oxygen atoms in total. The summed E-state index contributed by atoms with van der Waals surface area (Å²) in [4.78, 5) is 9.56. The summed E-state index contributed by atoms with van der Waals surface area (Å²) < 4.78 is 1.06. The molecule has 0 unspecified atom stereocenters. The molecular weight excluding hydrogens is 262 g/mol. The minimum Gasteiger partial charge on any atom is -0.325 e. The van der Waals surface area contributed by atoms with E-state index in [0.29, 0.717) is 6.54 Å². The van der Waals surface area contributed by atoms with Gasteiger partial charge in [0.05, 0.1) is 10.6 Å². The van der Waals surface area contributed by atoms with Gasteiger partial charge < -0.3 is 5.73 Å². The Hall–Kier alpha value is -0.780. The van der Waals surface area contributed by atoms with E-state index in [-0.39, 0.29) is 0 Å². The molecule has 72 valence electrons. The Balaban J connectivity index is 2.50. The van der Waals surface area contributed by atoms with Crippen LogP contribution in [0.25, 0.3) is 10.6 Å². The van der Waals surface area contributed by atoms with Gasteiger partial charge in [0.2, 0.25) is 0 Å². The van der Waals surface area contributed by atoms with E-state index in [1.165, 1.54) is 0 Å². The van der Waals surface area contributed by atoms with Crippen LogP contribution < -0.4 is 5.73 Å². The predicted molar refractivity (Wildman–Crippen MR) is 60.9 cm³/mol. The van der Waals surface area contributed by atoms with Gasteiger partial charge in [-0.3, -0.25) is 9.97 Å². The molecule has 2 aromatic heterocycles. The average molecular weight is 270 g/mol. The number of thiophene rings is 1. The molecule has 2 aromatic rings. The smallest absolute Gasteiger partial charge is 0.103 e. The molecule has 2 rings (SSSR count). The third-order valence-electron chi connectivity index (χ3n) is 1.77. The normalized spacial score (nSPS) is 10.4. The van der Waals surface area contributed by atoms with Gasteiger partial charge >= 0.3 is 0 Å². The van der Waals surface area contributed by atoms with E-state index in [2.05, 4.69) is 25.9 Å². The highest BCUT2D eigenvalue weighted by atomic mass is 79.9. The van der Waals surface area contributed by atoms with Gasteiger partial charge in [0.15, 0.2) is 0 Å². The zero-order valence-electron chi connectivity index (χ0n) is 7.27. The van der Waals surface area contributed by atoms with E-state index < -0.39 is 0 Å². The van der Waals surface area contributed by atoms with Crippen molar-refractivity contribution in [1.82, 2.24) is 9.97 Å². The molecule has 0 radical (unpaired) electrons. The lowest BCUT2D eigenvalue weighted by Crippen LogP contribution is -2.02. The zero-order valence-corrected chi connectivity index (χ0v) is 9.68. The lowest BCUT2D eigenvalue weighted by atomic mass is 10.2. The van der Waals surface area contributed by atoms with Crippen LogP contribution in [0.15, 0.2) is 28.3 Å². The first-order valence-corrected chi connectivity index (χ1v) is 5.73. The second-order valence-corrected chi connectivity index (χ2v) is 4.51. The molecule has 0 amide bonds. The van der Waals surface area contributed by atoms with Crippen LogP contribution in [0, 0.1) is 0 Å². The van der Waals surface area contributed by atoms with Crippen molar-refractivity contribution in [3.8, 4) is 10.6 Å². The highest BCUT2D eigenvalue weighted by Crippen LogP contribution is 2.29. The van der Waals surface area contributed by atoms with Crippen LogP contribution in [0.2, 0.25) is 0 Å². The first-order chi connectivity index (χ1) is 6.81. The Morgan fingerprint density at radius 2 is 2.14 bits per heavy atom. The van der Waals surface area contributed by atoms with Crippen LogP contribution in [0.1, 0.15) is 5.69 Å². The molecule has 0 saturated heterocycles. The van der Waals surface area contributed by atoms with Gasteiger partial charge in [0, 0.05) is 28.8 Å². The Labute approximate surface area is 94.1 Å². The molecule has 0 aliphatic rings. The third kappa shape index (κ3) is 1.84. The first kappa shape index (κ1) is 9.76. The van der Waals surface area contributed by atoms with Crippen molar-refractivity contribution in [3.63, 3.8) is 0 Å². The number of halogens is 1. The molecule has 2 heterocycles. The van der Waals surface area contributed by atoms with Crippen molar-refractivity contribution in [3.05, 3.63) is 34.0 Å². The van der Waals surface area contributed by atoms with Gasteiger partial charge in [-0.2, -0.15) is 0 Å². The van der Waals surface area contributed by atoms with E-state index >= 15 is 0 Å². The molecule has 5 heteroatoms. The summed E-state index contributed by atoms with van der Waals surface area (Å²) in [6.45, 7) is 0.415. The summed E-state index contributed by atoms with van der Waals surface area (Å²) in [5, 5.41) is 2.02. The van der Waals surface area contributed by atoms with Crippen molar-refractivity contribution in [1.29, 1.82) is 0 Å². The van der Waals surface area contributed by atoms with Gasteiger partial charge in [-0.05, 0) is 22.0 Å². The lowest BCUT2D eigenvalue weighted by Gasteiger charge is -2.01. The van der Waals surface area contributed by atoms with Crippen LogP contribution in [-0.2, 0) is 6.54 Å². The second-order valence-electron chi connectivity index (χ2n) is 2.68. The van der Waals surface area contributed by atoms with Crippen molar-refractivity contribution in [2.24, 2.45) is 5.73 Å². The van der Waals surface area contributed by atoms with Crippen molar-refractivity contribution in [2.75, 3.05) is 0 Å². The number of nitrogens with zero attached hydrogens (tertiary/aromatic N) is 2. The zero-order chi connectivity index (χ0) is 9.97.